The quantitative estimate of drug-likeness (QED) is 0.563. The number of hydrogen-bond acceptors (Lipinski definition) is 5. The molecule has 1 aromatic carbocycles. The van der Waals surface area contributed by atoms with Gasteiger partial charge in [-0.2, -0.15) is 0 Å². The van der Waals surface area contributed by atoms with Gasteiger partial charge in [0, 0.05) is 12.2 Å². The van der Waals surface area contributed by atoms with E-state index in [1.165, 1.54) is 7.11 Å². The highest BCUT2D eigenvalue weighted by molar-refractivity contribution is 5.87. The molecule has 0 radical (unpaired) electrons. The Morgan fingerprint density at radius 1 is 1.08 bits per heavy atom. The van der Waals surface area contributed by atoms with Crippen molar-refractivity contribution in [3.05, 3.63) is 48.2 Å². The van der Waals surface area contributed by atoms with Gasteiger partial charge in [-0.15, -0.1) is 0 Å². The van der Waals surface area contributed by atoms with Gasteiger partial charge in [0.05, 0.1) is 19.4 Å². The van der Waals surface area contributed by atoms with Crippen LogP contribution >= 0.6 is 0 Å². The van der Waals surface area contributed by atoms with Crippen LogP contribution in [0.15, 0.2) is 42.5 Å². The number of rotatable bonds is 9. The minimum atomic E-state index is -0.452. The molecule has 128 valence electrons. The molecule has 0 atom stereocenters. The predicted octanol–water partition coefficient (Wildman–Crippen LogP) is 3.47. The summed E-state index contributed by atoms with van der Waals surface area (Å²) >= 11 is 0. The molecule has 0 fully saturated rings. The summed E-state index contributed by atoms with van der Waals surface area (Å²) in [6.45, 7) is 0.894. The molecule has 0 saturated heterocycles. The smallest absolute Gasteiger partial charge is 0.356 e. The molecule has 0 spiro atoms. The maximum Gasteiger partial charge on any atom is 0.356 e. The number of aromatic nitrogens is 1. The van der Waals surface area contributed by atoms with Crippen LogP contribution in [0.2, 0.25) is 0 Å². The second kappa shape index (κ2) is 9.67. The zero-order valence-electron chi connectivity index (χ0n) is 13.9. The van der Waals surface area contributed by atoms with E-state index in [-0.39, 0.29) is 12.3 Å². The molecule has 0 unspecified atom stereocenters. The number of hydrogen-bond donors (Lipinski definition) is 1. The van der Waals surface area contributed by atoms with Crippen LogP contribution < -0.4 is 4.74 Å². The van der Waals surface area contributed by atoms with Crippen molar-refractivity contribution < 1.29 is 19.4 Å². The van der Waals surface area contributed by atoms with Crippen molar-refractivity contribution in [1.82, 2.24) is 4.98 Å². The number of aliphatic hydroxyl groups is 1. The molecule has 5 nitrogen and oxygen atoms in total. The van der Waals surface area contributed by atoms with Crippen molar-refractivity contribution in [1.29, 1.82) is 0 Å². The summed E-state index contributed by atoms with van der Waals surface area (Å²) in [7, 11) is 1.34. The molecule has 1 N–H and O–H groups in total. The summed E-state index contributed by atoms with van der Waals surface area (Å²) in [5.41, 5.74) is 1.87. The third kappa shape index (κ3) is 5.35. The minimum Gasteiger partial charge on any atom is -0.494 e. The van der Waals surface area contributed by atoms with Crippen LogP contribution in [0.1, 0.15) is 36.2 Å². The Bertz CT molecular complexity index is 657. The fraction of sp³-hybridized carbons (Fsp3) is 0.368. The third-order valence-corrected chi connectivity index (χ3v) is 3.59. The third-order valence-electron chi connectivity index (χ3n) is 3.59. The zero-order valence-corrected chi connectivity index (χ0v) is 13.9. The molecule has 0 aliphatic rings. The van der Waals surface area contributed by atoms with Crippen LogP contribution in [-0.4, -0.2) is 36.4 Å². The Hall–Kier alpha value is -2.40. The first-order valence-corrected chi connectivity index (χ1v) is 8.14. The maximum atomic E-state index is 11.6. The number of esters is 1. The summed E-state index contributed by atoms with van der Waals surface area (Å²) in [5, 5.41) is 8.74. The zero-order chi connectivity index (χ0) is 17.2. The van der Waals surface area contributed by atoms with Crippen molar-refractivity contribution in [2.24, 2.45) is 0 Å². The van der Waals surface area contributed by atoms with E-state index in [0.717, 1.165) is 37.0 Å². The first-order chi connectivity index (χ1) is 11.7. The van der Waals surface area contributed by atoms with E-state index >= 15 is 0 Å². The topological polar surface area (TPSA) is 68.7 Å². The second-order valence-corrected chi connectivity index (χ2v) is 5.41. The molecule has 0 aliphatic heterocycles. The fourth-order valence-corrected chi connectivity index (χ4v) is 2.32. The lowest BCUT2D eigenvalue weighted by molar-refractivity contribution is 0.0594. The highest BCUT2D eigenvalue weighted by atomic mass is 16.5. The lowest BCUT2D eigenvalue weighted by atomic mass is 10.1. The lowest BCUT2D eigenvalue weighted by Crippen LogP contribution is -2.04. The first-order valence-electron chi connectivity index (χ1n) is 8.14. The lowest BCUT2D eigenvalue weighted by Gasteiger charge is -2.08. The van der Waals surface area contributed by atoms with Gasteiger partial charge in [0.2, 0.25) is 0 Å². The molecule has 0 amide bonds. The molecule has 0 aliphatic carbocycles. The highest BCUT2D eigenvalue weighted by Gasteiger charge is 2.09. The molecule has 0 bridgehead atoms. The van der Waals surface area contributed by atoms with E-state index in [1.54, 1.807) is 12.1 Å². The van der Waals surface area contributed by atoms with E-state index in [9.17, 15) is 4.79 Å². The number of benzene rings is 1. The van der Waals surface area contributed by atoms with Gasteiger partial charge in [-0.25, -0.2) is 9.78 Å². The van der Waals surface area contributed by atoms with Crippen molar-refractivity contribution in [2.45, 2.75) is 25.7 Å². The molecular weight excluding hydrogens is 306 g/mol. The first kappa shape index (κ1) is 17.9. The van der Waals surface area contributed by atoms with Gasteiger partial charge in [-0.3, -0.25) is 0 Å². The molecule has 24 heavy (non-hydrogen) atoms. The minimum absolute atomic E-state index is 0.251. The summed E-state index contributed by atoms with van der Waals surface area (Å²) in [4.78, 5) is 15.9. The molecule has 2 rings (SSSR count). The molecule has 5 heteroatoms. The Balaban J connectivity index is 1.98. The monoisotopic (exact) mass is 329 g/mol. The van der Waals surface area contributed by atoms with Crippen LogP contribution in [0.3, 0.4) is 0 Å². The van der Waals surface area contributed by atoms with Crippen molar-refractivity contribution in [3.8, 4) is 17.0 Å². The van der Waals surface area contributed by atoms with Crippen LogP contribution in [0, 0.1) is 0 Å². The van der Waals surface area contributed by atoms with E-state index in [4.69, 9.17) is 14.6 Å². The Morgan fingerprint density at radius 3 is 2.67 bits per heavy atom. The SMILES string of the molecule is COC(=O)c1cccc(-c2cccc(OCCCCCCO)c2)n1. The predicted molar refractivity (Wildman–Crippen MR) is 92.1 cm³/mol. The Kier molecular flexibility index (Phi) is 7.23. The number of nitrogens with zero attached hydrogens (tertiary/aromatic N) is 1. The van der Waals surface area contributed by atoms with Gasteiger partial charge >= 0.3 is 5.97 Å². The summed E-state index contributed by atoms with van der Waals surface area (Å²) < 4.78 is 10.5. The largest absolute Gasteiger partial charge is 0.494 e. The van der Waals surface area contributed by atoms with Gasteiger partial charge in [0.1, 0.15) is 11.4 Å². The maximum absolute atomic E-state index is 11.6. The van der Waals surface area contributed by atoms with Gasteiger partial charge < -0.3 is 14.6 Å². The summed E-state index contributed by atoms with van der Waals surface area (Å²) in [6, 6.07) is 12.9. The normalized spacial score (nSPS) is 10.4. The van der Waals surface area contributed by atoms with E-state index in [1.807, 2.05) is 30.3 Å². The highest BCUT2D eigenvalue weighted by Crippen LogP contribution is 2.23. The van der Waals surface area contributed by atoms with Gasteiger partial charge in [-0.1, -0.05) is 24.6 Å². The molecule has 2 aromatic rings. The number of carbonyl (C=O) groups is 1. The Morgan fingerprint density at radius 2 is 1.88 bits per heavy atom. The number of aliphatic hydroxyl groups excluding tert-OH is 1. The number of carbonyl (C=O) groups excluding carboxylic acids is 1. The van der Waals surface area contributed by atoms with Gasteiger partial charge in [0.15, 0.2) is 0 Å². The molecular formula is C19H23NO4. The number of ether oxygens (including phenoxy) is 2. The van der Waals surface area contributed by atoms with Crippen LogP contribution in [0.4, 0.5) is 0 Å². The van der Waals surface area contributed by atoms with Crippen LogP contribution in [0.5, 0.6) is 5.75 Å². The van der Waals surface area contributed by atoms with Gasteiger partial charge in [-0.05, 0) is 43.5 Å². The van der Waals surface area contributed by atoms with Crippen molar-refractivity contribution in [2.75, 3.05) is 20.3 Å². The summed E-state index contributed by atoms with van der Waals surface area (Å²) in [5.74, 6) is 0.326. The molecule has 1 aromatic heterocycles. The summed E-state index contributed by atoms with van der Waals surface area (Å²) in [6.07, 6.45) is 3.87. The van der Waals surface area contributed by atoms with Crippen LogP contribution in [0.25, 0.3) is 11.3 Å². The second-order valence-electron chi connectivity index (χ2n) is 5.41. The van der Waals surface area contributed by atoms with E-state index < -0.39 is 5.97 Å². The number of pyridine rings is 1. The number of methoxy groups -OCH3 is 1. The molecule has 0 saturated carbocycles. The Labute approximate surface area is 142 Å². The number of unbranched alkanes of at least 4 members (excludes halogenated alkanes) is 3. The average Bonchev–Trinajstić information content (AvgIpc) is 2.64. The standard InChI is InChI=1S/C19H23NO4/c1-23-19(22)18-11-7-10-17(20-18)15-8-6-9-16(14-15)24-13-5-3-2-4-12-21/h6-11,14,21H,2-5,12-13H2,1H3. The fourth-order valence-electron chi connectivity index (χ4n) is 2.32. The van der Waals surface area contributed by atoms with Crippen molar-refractivity contribution in [3.63, 3.8) is 0 Å². The van der Waals surface area contributed by atoms with E-state index in [0.29, 0.717) is 12.3 Å². The van der Waals surface area contributed by atoms with Gasteiger partial charge in [0.25, 0.3) is 0 Å². The van der Waals surface area contributed by atoms with Crippen LogP contribution in [-0.2, 0) is 4.74 Å². The van der Waals surface area contributed by atoms with E-state index in [2.05, 4.69) is 4.98 Å². The van der Waals surface area contributed by atoms with Crippen molar-refractivity contribution >= 4 is 5.97 Å². The molecule has 1 heterocycles. The average molecular weight is 329 g/mol.